The summed E-state index contributed by atoms with van der Waals surface area (Å²) in [5.41, 5.74) is 2.34. The van der Waals surface area contributed by atoms with Crippen molar-refractivity contribution >= 4 is 5.69 Å². The lowest BCUT2D eigenvalue weighted by Crippen LogP contribution is -2.13. The van der Waals surface area contributed by atoms with E-state index in [4.69, 9.17) is 10.4 Å². The molecule has 0 aliphatic rings. The van der Waals surface area contributed by atoms with Gasteiger partial charge in [-0.05, 0) is 43.7 Å². The first-order chi connectivity index (χ1) is 9.51. The number of nitriles is 1. The molecule has 20 heavy (non-hydrogen) atoms. The third-order valence-corrected chi connectivity index (χ3v) is 3.17. The molecule has 0 spiro atoms. The van der Waals surface area contributed by atoms with Gasteiger partial charge in [-0.3, -0.25) is 4.98 Å². The second-order valence-electron chi connectivity index (χ2n) is 5.18. The van der Waals surface area contributed by atoms with Crippen molar-refractivity contribution in [2.45, 2.75) is 25.8 Å². The van der Waals surface area contributed by atoms with Gasteiger partial charge in [0.2, 0.25) is 0 Å². The Labute approximate surface area is 118 Å². The lowest BCUT2D eigenvalue weighted by molar-refractivity contribution is 0.472. The fraction of sp³-hybridized carbons (Fsp3) is 0.250. The molecule has 2 aromatic rings. The van der Waals surface area contributed by atoms with Crippen LogP contribution in [0.3, 0.4) is 0 Å². The van der Waals surface area contributed by atoms with Crippen molar-refractivity contribution in [1.29, 1.82) is 5.26 Å². The highest BCUT2D eigenvalue weighted by Crippen LogP contribution is 2.23. The molecular formula is C16H17N3O. The summed E-state index contributed by atoms with van der Waals surface area (Å²) in [4.78, 5) is 4.11. The van der Waals surface area contributed by atoms with Crippen molar-refractivity contribution in [3.05, 3.63) is 53.9 Å². The quantitative estimate of drug-likeness (QED) is 0.892. The SMILES string of the molecule is CC(C)(C#N)c1ccc(NCc2ccc(O)cn2)cc1. The maximum Gasteiger partial charge on any atom is 0.133 e. The van der Waals surface area contributed by atoms with E-state index in [1.54, 1.807) is 12.1 Å². The van der Waals surface area contributed by atoms with Gasteiger partial charge in [0.1, 0.15) is 5.75 Å². The Hall–Kier alpha value is -2.54. The number of nitrogens with zero attached hydrogens (tertiary/aromatic N) is 2. The molecule has 1 aromatic carbocycles. The van der Waals surface area contributed by atoms with Crippen LogP contribution < -0.4 is 5.32 Å². The third kappa shape index (κ3) is 3.27. The zero-order chi connectivity index (χ0) is 14.6. The zero-order valence-electron chi connectivity index (χ0n) is 11.6. The lowest BCUT2D eigenvalue weighted by atomic mass is 9.86. The molecule has 4 nitrogen and oxygen atoms in total. The molecule has 0 aliphatic carbocycles. The number of anilines is 1. The van der Waals surface area contributed by atoms with Crippen LogP contribution in [0, 0.1) is 11.3 Å². The molecule has 0 amide bonds. The molecule has 0 fully saturated rings. The Morgan fingerprint density at radius 1 is 1.20 bits per heavy atom. The van der Waals surface area contributed by atoms with Crippen LogP contribution in [-0.2, 0) is 12.0 Å². The molecule has 0 aliphatic heterocycles. The van der Waals surface area contributed by atoms with Gasteiger partial charge < -0.3 is 10.4 Å². The summed E-state index contributed by atoms with van der Waals surface area (Å²) < 4.78 is 0. The number of aromatic nitrogens is 1. The molecule has 0 saturated heterocycles. The van der Waals surface area contributed by atoms with Gasteiger partial charge >= 0.3 is 0 Å². The Kier molecular flexibility index (Phi) is 3.90. The van der Waals surface area contributed by atoms with Crippen LogP contribution in [0.4, 0.5) is 5.69 Å². The number of aromatic hydroxyl groups is 1. The van der Waals surface area contributed by atoms with Gasteiger partial charge in [0.05, 0.1) is 29.9 Å². The largest absolute Gasteiger partial charge is 0.506 e. The lowest BCUT2D eigenvalue weighted by Gasteiger charge is -2.16. The van der Waals surface area contributed by atoms with E-state index in [0.717, 1.165) is 16.9 Å². The van der Waals surface area contributed by atoms with Gasteiger partial charge in [-0.15, -0.1) is 0 Å². The first-order valence-corrected chi connectivity index (χ1v) is 6.41. The smallest absolute Gasteiger partial charge is 0.133 e. The first kappa shape index (κ1) is 13.9. The van der Waals surface area contributed by atoms with E-state index in [9.17, 15) is 0 Å². The van der Waals surface area contributed by atoms with Gasteiger partial charge in [0.25, 0.3) is 0 Å². The fourth-order valence-electron chi connectivity index (χ4n) is 1.78. The van der Waals surface area contributed by atoms with E-state index in [-0.39, 0.29) is 5.75 Å². The summed E-state index contributed by atoms with van der Waals surface area (Å²) in [5.74, 6) is 0.164. The molecule has 0 unspecified atom stereocenters. The minimum absolute atomic E-state index is 0.164. The molecular weight excluding hydrogens is 250 g/mol. The highest BCUT2D eigenvalue weighted by molar-refractivity contribution is 5.47. The van der Waals surface area contributed by atoms with Crippen LogP contribution in [-0.4, -0.2) is 10.1 Å². The van der Waals surface area contributed by atoms with E-state index in [1.807, 2.05) is 38.1 Å². The van der Waals surface area contributed by atoms with Gasteiger partial charge in [0.15, 0.2) is 0 Å². The molecule has 2 rings (SSSR count). The van der Waals surface area contributed by atoms with Crippen LogP contribution in [0.1, 0.15) is 25.1 Å². The van der Waals surface area contributed by atoms with Crippen molar-refractivity contribution in [1.82, 2.24) is 4.98 Å². The number of rotatable bonds is 4. The van der Waals surface area contributed by atoms with Gasteiger partial charge in [-0.2, -0.15) is 5.26 Å². The maximum absolute atomic E-state index is 9.16. The van der Waals surface area contributed by atoms with Crippen LogP contribution in [0.25, 0.3) is 0 Å². The van der Waals surface area contributed by atoms with Crippen molar-refractivity contribution in [2.24, 2.45) is 0 Å². The number of benzene rings is 1. The molecule has 1 heterocycles. The van der Waals surface area contributed by atoms with E-state index >= 15 is 0 Å². The van der Waals surface area contributed by atoms with Crippen LogP contribution >= 0.6 is 0 Å². The maximum atomic E-state index is 9.16. The standard InChI is InChI=1S/C16H17N3O/c1-16(2,11-17)12-3-5-13(6-4-12)18-9-14-7-8-15(20)10-19-14/h3-8,10,18,20H,9H2,1-2H3. The average Bonchev–Trinajstić information content (AvgIpc) is 2.47. The van der Waals surface area contributed by atoms with Crippen molar-refractivity contribution < 1.29 is 5.11 Å². The highest BCUT2D eigenvalue weighted by Gasteiger charge is 2.18. The minimum atomic E-state index is -0.475. The highest BCUT2D eigenvalue weighted by atomic mass is 16.3. The first-order valence-electron chi connectivity index (χ1n) is 6.41. The molecule has 0 radical (unpaired) electrons. The Balaban J connectivity index is 2.01. The van der Waals surface area contributed by atoms with E-state index in [0.29, 0.717) is 6.54 Å². The normalized spacial score (nSPS) is 10.8. The Morgan fingerprint density at radius 2 is 1.90 bits per heavy atom. The summed E-state index contributed by atoms with van der Waals surface area (Å²) in [6.45, 7) is 4.38. The van der Waals surface area contributed by atoms with Crippen LogP contribution in [0.2, 0.25) is 0 Å². The Bertz CT molecular complexity index is 610. The Morgan fingerprint density at radius 3 is 2.45 bits per heavy atom. The van der Waals surface area contributed by atoms with Crippen molar-refractivity contribution in [3.63, 3.8) is 0 Å². The second-order valence-corrected chi connectivity index (χ2v) is 5.18. The monoisotopic (exact) mass is 267 g/mol. The summed E-state index contributed by atoms with van der Waals surface area (Å²) in [5, 5.41) is 21.5. The van der Waals surface area contributed by atoms with E-state index in [2.05, 4.69) is 16.4 Å². The van der Waals surface area contributed by atoms with Gasteiger partial charge in [-0.1, -0.05) is 12.1 Å². The third-order valence-electron chi connectivity index (χ3n) is 3.17. The minimum Gasteiger partial charge on any atom is -0.506 e. The molecule has 0 atom stereocenters. The predicted molar refractivity (Wildman–Crippen MR) is 78.3 cm³/mol. The molecule has 0 saturated carbocycles. The summed E-state index contributed by atoms with van der Waals surface area (Å²) in [6.07, 6.45) is 1.43. The molecule has 2 N–H and O–H groups in total. The van der Waals surface area contributed by atoms with Crippen molar-refractivity contribution in [2.75, 3.05) is 5.32 Å². The zero-order valence-corrected chi connectivity index (χ0v) is 11.6. The summed E-state index contributed by atoms with van der Waals surface area (Å²) in [6, 6.07) is 13.5. The number of hydrogen-bond donors (Lipinski definition) is 2. The topological polar surface area (TPSA) is 68.9 Å². The van der Waals surface area contributed by atoms with Gasteiger partial charge in [0, 0.05) is 5.69 Å². The average molecular weight is 267 g/mol. The summed E-state index contributed by atoms with van der Waals surface area (Å²) >= 11 is 0. The number of hydrogen-bond acceptors (Lipinski definition) is 4. The molecule has 4 heteroatoms. The summed E-state index contributed by atoms with van der Waals surface area (Å²) in [7, 11) is 0. The van der Waals surface area contributed by atoms with E-state index in [1.165, 1.54) is 6.20 Å². The molecule has 0 bridgehead atoms. The second kappa shape index (κ2) is 5.62. The molecule has 102 valence electrons. The van der Waals surface area contributed by atoms with Gasteiger partial charge in [-0.25, -0.2) is 0 Å². The van der Waals surface area contributed by atoms with Crippen molar-refractivity contribution in [3.8, 4) is 11.8 Å². The molecule has 1 aromatic heterocycles. The van der Waals surface area contributed by atoms with Crippen LogP contribution in [0.15, 0.2) is 42.6 Å². The number of pyridine rings is 1. The number of nitrogens with one attached hydrogen (secondary N) is 1. The van der Waals surface area contributed by atoms with Crippen LogP contribution in [0.5, 0.6) is 5.75 Å². The fourth-order valence-corrected chi connectivity index (χ4v) is 1.78. The van der Waals surface area contributed by atoms with E-state index < -0.39 is 5.41 Å². The predicted octanol–water partition coefficient (Wildman–Crippen LogP) is 3.20.